The van der Waals surface area contributed by atoms with Crippen molar-refractivity contribution in [2.24, 2.45) is 5.73 Å². The number of aromatic nitrogens is 3. The third kappa shape index (κ3) is 3.17. The van der Waals surface area contributed by atoms with E-state index >= 15 is 0 Å². The van der Waals surface area contributed by atoms with Crippen molar-refractivity contribution < 1.29 is 4.74 Å². The molecule has 0 bridgehead atoms. The summed E-state index contributed by atoms with van der Waals surface area (Å²) in [4.78, 5) is 4.21. The fraction of sp³-hybridized carbons (Fsp3) is 0.467. The van der Waals surface area contributed by atoms with Gasteiger partial charge in [-0.2, -0.15) is 5.10 Å². The maximum Gasteiger partial charge on any atom is 0.137 e. The van der Waals surface area contributed by atoms with Gasteiger partial charge in [0.05, 0.1) is 30.2 Å². The minimum Gasteiger partial charge on any atom is -0.492 e. The van der Waals surface area contributed by atoms with Crippen molar-refractivity contribution in [1.29, 1.82) is 0 Å². The van der Waals surface area contributed by atoms with E-state index in [-0.39, 0.29) is 6.04 Å². The number of nitrogens with zero attached hydrogens (tertiary/aromatic N) is 3. The Balaban J connectivity index is 2.25. The lowest BCUT2D eigenvalue weighted by atomic mass is 10.1. The molecule has 0 amide bonds. The number of aryl methyl sites for hydroxylation is 2. The van der Waals surface area contributed by atoms with Crippen LogP contribution in [-0.4, -0.2) is 21.4 Å². The third-order valence-electron chi connectivity index (χ3n) is 3.12. The molecular formula is C15H22N4O. The SMILES string of the molecule is CCCOc1cncc(C(N)c2cc(C)nn2CC)c1. The number of ether oxygens (including phenoxy) is 1. The summed E-state index contributed by atoms with van der Waals surface area (Å²) in [5.41, 5.74) is 9.26. The Bertz CT molecular complexity index is 565. The van der Waals surface area contributed by atoms with E-state index in [9.17, 15) is 0 Å². The predicted octanol–water partition coefficient (Wildman–Crippen LogP) is 2.44. The van der Waals surface area contributed by atoms with Crippen LogP contribution in [0.25, 0.3) is 0 Å². The Kier molecular flexibility index (Phi) is 4.74. The van der Waals surface area contributed by atoms with Crippen LogP contribution in [-0.2, 0) is 6.54 Å². The maximum atomic E-state index is 6.35. The molecule has 2 heterocycles. The van der Waals surface area contributed by atoms with Crippen molar-refractivity contribution in [3.63, 3.8) is 0 Å². The van der Waals surface area contributed by atoms with Crippen LogP contribution in [0.5, 0.6) is 5.75 Å². The standard InChI is InChI=1S/C15H22N4O/c1-4-6-20-13-8-12(9-17-10-13)15(16)14-7-11(3)18-19(14)5-2/h7-10,15H,4-6,16H2,1-3H3. The van der Waals surface area contributed by atoms with Crippen LogP contribution in [0.4, 0.5) is 0 Å². The zero-order valence-electron chi connectivity index (χ0n) is 12.3. The zero-order chi connectivity index (χ0) is 14.5. The highest BCUT2D eigenvalue weighted by molar-refractivity contribution is 5.31. The van der Waals surface area contributed by atoms with Crippen LogP contribution in [0.2, 0.25) is 0 Å². The Labute approximate surface area is 119 Å². The molecule has 0 saturated heterocycles. The summed E-state index contributed by atoms with van der Waals surface area (Å²) in [6.07, 6.45) is 4.47. The molecule has 1 atom stereocenters. The average molecular weight is 274 g/mol. The monoisotopic (exact) mass is 274 g/mol. The van der Waals surface area contributed by atoms with Crippen molar-refractivity contribution >= 4 is 0 Å². The number of nitrogens with two attached hydrogens (primary N) is 1. The Morgan fingerprint density at radius 2 is 2.10 bits per heavy atom. The van der Waals surface area contributed by atoms with Crippen molar-refractivity contribution in [3.8, 4) is 5.75 Å². The smallest absolute Gasteiger partial charge is 0.137 e. The lowest BCUT2D eigenvalue weighted by molar-refractivity contribution is 0.315. The first-order valence-electron chi connectivity index (χ1n) is 7.03. The molecule has 0 spiro atoms. The summed E-state index contributed by atoms with van der Waals surface area (Å²) < 4.78 is 7.53. The molecule has 0 aliphatic rings. The summed E-state index contributed by atoms with van der Waals surface area (Å²) in [5.74, 6) is 0.763. The summed E-state index contributed by atoms with van der Waals surface area (Å²) in [5, 5.41) is 4.43. The lowest BCUT2D eigenvalue weighted by Gasteiger charge is -2.14. The molecule has 0 aliphatic carbocycles. The molecule has 0 fully saturated rings. The van der Waals surface area contributed by atoms with E-state index in [1.807, 2.05) is 23.7 Å². The van der Waals surface area contributed by atoms with Gasteiger partial charge in [0.1, 0.15) is 5.75 Å². The molecule has 1 unspecified atom stereocenters. The topological polar surface area (TPSA) is 66.0 Å². The normalized spacial score (nSPS) is 12.4. The molecule has 2 aromatic rings. The molecule has 20 heavy (non-hydrogen) atoms. The summed E-state index contributed by atoms with van der Waals surface area (Å²) in [6.45, 7) is 7.59. The predicted molar refractivity (Wildman–Crippen MR) is 78.7 cm³/mol. The molecule has 5 heteroatoms. The van der Waals surface area contributed by atoms with E-state index in [1.165, 1.54) is 0 Å². The second kappa shape index (κ2) is 6.52. The fourth-order valence-electron chi connectivity index (χ4n) is 2.14. The second-order valence-corrected chi connectivity index (χ2v) is 4.81. The molecule has 0 aliphatic heterocycles. The van der Waals surface area contributed by atoms with Crippen LogP contribution >= 0.6 is 0 Å². The minimum absolute atomic E-state index is 0.242. The van der Waals surface area contributed by atoms with E-state index in [0.717, 1.165) is 35.7 Å². The quantitative estimate of drug-likeness (QED) is 0.878. The van der Waals surface area contributed by atoms with Gasteiger partial charge in [-0.25, -0.2) is 0 Å². The minimum atomic E-state index is -0.242. The largest absolute Gasteiger partial charge is 0.492 e. The van der Waals surface area contributed by atoms with E-state index < -0.39 is 0 Å². The lowest BCUT2D eigenvalue weighted by Crippen LogP contribution is -2.17. The van der Waals surface area contributed by atoms with E-state index in [1.54, 1.807) is 12.4 Å². The van der Waals surface area contributed by atoms with Gasteiger partial charge in [-0.15, -0.1) is 0 Å². The summed E-state index contributed by atoms with van der Waals surface area (Å²) in [7, 11) is 0. The van der Waals surface area contributed by atoms with Crippen molar-refractivity contribution in [2.75, 3.05) is 6.61 Å². The molecule has 0 saturated carbocycles. The summed E-state index contributed by atoms with van der Waals surface area (Å²) in [6, 6.07) is 3.73. The molecule has 2 N–H and O–H groups in total. The van der Waals surface area contributed by atoms with Crippen molar-refractivity contribution in [1.82, 2.24) is 14.8 Å². The highest BCUT2D eigenvalue weighted by Gasteiger charge is 2.15. The Morgan fingerprint density at radius 1 is 1.30 bits per heavy atom. The van der Waals surface area contributed by atoms with Crippen LogP contribution < -0.4 is 10.5 Å². The van der Waals surface area contributed by atoms with Gasteiger partial charge < -0.3 is 10.5 Å². The highest BCUT2D eigenvalue weighted by Crippen LogP contribution is 2.23. The number of rotatable bonds is 6. The van der Waals surface area contributed by atoms with E-state index in [2.05, 4.69) is 23.9 Å². The summed E-state index contributed by atoms with van der Waals surface area (Å²) >= 11 is 0. The van der Waals surface area contributed by atoms with Gasteiger partial charge in [0.25, 0.3) is 0 Å². The van der Waals surface area contributed by atoms with Gasteiger partial charge in [-0.05, 0) is 38.0 Å². The molecule has 0 radical (unpaired) electrons. The first-order chi connectivity index (χ1) is 9.65. The van der Waals surface area contributed by atoms with Gasteiger partial charge >= 0.3 is 0 Å². The van der Waals surface area contributed by atoms with Gasteiger partial charge in [-0.1, -0.05) is 6.92 Å². The van der Waals surface area contributed by atoms with Gasteiger partial charge in [0.2, 0.25) is 0 Å². The molecule has 0 aromatic carbocycles. The maximum absolute atomic E-state index is 6.35. The van der Waals surface area contributed by atoms with Gasteiger partial charge in [0, 0.05) is 12.7 Å². The van der Waals surface area contributed by atoms with Gasteiger partial charge in [0.15, 0.2) is 0 Å². The number of hydrogen-bond acceptors (Lipinski definition) is 4. The molecule has 5 nitrogen and oxygen atoms in total. The van der Waals surface area contributed by atoms with Gasteiger partial charge in [-0.3, -0.25) is 9.67 Å². The van der Waals surface area contributed by atoms with E-state index in [0.29, 0.717) is 6.61 Å². The molecular weight excluding hydrogens is 252 g/mol. The highest BCUT2D eigenvalue weighted by atomic mass is 16.5. The third-order valence-corrected chi connectivity index (χ3v) is 3.12. The number of pyridine rings is 1. The Morgan fingerprint density at radius 3 is 2.80 bits per heavy atom. The first kappa shape index (κ1) is 14.5. The zero-order valence-corrected chi connectivity index (χ0v) is 12.3. The van der Waals surface area contributed by atoms with Crippen LogP contribution in [0.1, 0.15) is 43.3 Å². The van der Waals surface area contributed by atoms with E-state index in [4.69, 9.17) is 10.5 Å². The fourth-order valence-corrected chi connectivity index (χ4v) is 2.14. The average Bonchev–Trinajstić information content (AvgIpc) is 2.85. The van der Waals surface area contributed by atoms with Crippen molar-refractivity contribution in [3.05, 3.63) is 41.5 Å². The molecule has 108 valence electrons. The van der Waals surface area contributed by atoms with Crippen LogP contribution in [0.3, 0.4) is 0 Å². The number of hydrogen-bond donors (Lipinski definition) is 1. The van der Waals surface area contributed by atoms with Crippen molar-refractivity contribution in [2.45, 2.75) is 39.8 Å². The van der Waals surface area contributed by atoms with Crippen LogP contribution in [0, 0.1) is 6.92 Å². The van der Waals surface area contributed by atoms with Crippen LogP contribution in [0.15, 0.2) is 24.5 Å². The Hall–Kier alpha value is -1.88. The first-order valence-corrected chi connectivity index (χ1v) is 7.03. The second-order valence-electron chi connectivity index (χ2n) is 4.81. The molecule has 2 aromatic heterocycles. The molecule has 2 rings (SSSR count).